The molecular weight excluding hydrogens is 396 g/mol. The third kappa shape index (κ3) is 7.30. The molecule has 0 aliphatic rings. The van der Waals surface area contributed by atoms with Crippen LogP contribution in [0.3, 0.4) is 0 Å². The number of carbonyl (C=O) groups is 1. The molecule has 0 radical (unpaired) electrons. The molecule has 0 heterocycles. The largest absolute Gasteiger partial charge is 0.494 e. The van der Waals surface area contributed by atoms with Gasteiger partial charge in [0.25, 0.3) is 0 Å². The predicted octanol–water partition coefficient (Wildman–Crippen LogP) is 3.67. The minimum atomic E-state index is -3.52. The van der Waals surface area contributed by atoms with Gasteiger partial charge in [-0.05, 0) is 68.1 Å². The minimum absolute atomic E-state index is 0.289. The number of aliphatic carboxylic acids is 1. The van der Waals surface area contributed by atoms with Crippen molar-refractivity contribution in [2.45, 2.75) is 38.7 Å². The van der Waals surface area contributed by atoms with E-state index in [2.05, 4.69) is 0 Å². The number of aryl methyl sites for hydroxylation is 1. The Kier molecular flexibility index (Phi) is 7.50. The van der Waals surface area contributed by atoms with Crippen molar-refractivity contribution < 1.29 is 32.0 Å². The molecule has 2 aromatic carbocycles. The Bertz CT molecular complexity index is 905. The maximum absolute atomic E-state index is 11.3. The molecule has 0 aromatic heterocycles. The van der Waals surface area contributed by atoms with E-state index in [4.69, 9.17) is 13.7 Å². The molecule has 0 saturated carbocycles. The second-order valence-corrected chi connectivity index (χ2v) is 8.42. The Hall–Kier alpha value is -2.74. The van der Waals surface area contributed by atoms with Crippen molar-refractivity contribution in [3.63, 3.8) is 0 Å². The third-order valence-corrected chi connectivity index (χ3v) is 4.84. The minimum Gasteiger partial charge on any atom is -0.494 e. The summed E-state index contributed by atoms with van der Waals surface area (Å²) in [6.45, 7) is 3.81. The molecule has 0 saturated heterocycles. The van der Waals surface area contributed by atoms with Crippen LogP contribution in [0.4, 0.5) is 0 Å². The van der Waals surface area contributed by atoms with Crippen molar-refractivity contribution in [3.05, 3.63) is 54.1 Å². The van der Waals surface area contributed by atoms with E-state index < -0.39 is 21.7 Å². The van der Waals surface area contributed by atoms with E-state index >= 15 is 0 Å². The van der Waals surface area contributed by atoms with Gasteiger partial charge in [0, 0.05) is 0 Å². The highest BCUT2D eigenvalue weighted by Crippen LogP contribution is 2.24. The molecule has 1 N–H and O–H groups in total. The van der Waals surface area contributed by atoms with Crippen molar-refractivity contribution in [3.8, 4) is 17.2 Å². The highest BCUT2D eigenvalue weighted by Gasteiger charge is 2.33. The number of carboxylic acids is 1. The van der Waals surface area contributed by atoms with Gasteiger partial charge < -0.3 is 18.8 Å². The smallest absolute Gasteiger partial charge is 0.347 e. The number of rotatable bonds is 11. The van der Waals surface area contributed by atoms with Crippen LogP contribution < -0.4 is 13.7 Å². The number of ether oxygens (including phenoxy) is 2. The summed E-state index contributed by atoms with van der Waals surface area (Å²) >= 11 is 0. The molecule has 2 rings (SSSR count). The Balaban J connectivity index is 1.79. The predicted molar refractivity (Wildman–Crippen MR) is 109 cm³/mol. The first kappa shape index (κ1) is 22.5. The van der Waals surface area contributed by atoms with E-state index in [-0.39, 0.29) is 5.75 Å². The van der Waals surface area contributed by atoms with Crippen molar-refractivity contribution in [1.82, 2.24) is 0 Å². The van der Waals surface area contributed by atoms with Gasteiger partial charge in [0.15, 0.2) is 0 Å². The van der Waals surface area contributed by atoms with Crippen molar-refractivity contribution in [1.29, 1.82) is 0 Å². The second kappa shape index (κ2) is 9.65. The van der Waals surface area contributed by atoms with E-state index in [1.54, 1.807) is 50.2 Å². The Morgan fingerprint density at radius 3 is 2.07 bits per heavy atom. The van der Waals surface area contributed by atoms with Gasteiger partial charge in [0.05, 0.1) is 12.9 Å². The van der Waals surface area contributed by atoms with Gasteiger partial charge in [0.2, 0.25) is 5.60 Å². The SMILES string of the molecule is CCC(C)(Oc1ccc(OCCCc2ccc(OS(C)(=O)=O)cc2)cc1)C(=O)O. The van der Waals surface area contributed by atoms with Gasteiger partial charge in [-0.1, -0.05) is 19.1 Å². The van der Waals surface area contributed by atoms with Crippen LogP contribution >= 0.6 is 0 Å². The quantitative estimate of drug-likeness (QED) is 0.436. The lowest BCUT2D eigenvalue weighted by Crippen LogP contribution is -2.40. The van der Waals surface area contributed by atoms with Crippen molar-refractivity contribution >= 4 is 16.1 Å². The highest BCUT2D eigenvalue weighted by molar-refractivity contribution is 7.86. The van der Waals surface area contributed by atoms with Crippen LogP contribution in [0.1, 0.15) is 32.3 Å². The molecule has 7 nitrogen and oxygen atoms in total. The lowest BCUT2D eigenvalue weighted by Gasteiger charge is -2.24. The van der Waals surface area contributed by atoms with Crippen molar-refractivity contribution in [2.75, 3.05) is 12.9 Å². The average Bonchev–Trinajstić information content (AvgIpc) is 2.66. The van der Waals surface area contributed by atoms with E-state index in [1.807, 2.05) is 12.1 Å². The number of carboxylic acid groups (broad SMARTS) is 1. The maximum Gasteiger partial charge on any atom is 0.347 e. The first-order chi connectivity index (χ1) is 13.6. The molecule has 1 unspecified atom stereocenters. The van der Waals surface area contributed by atoms with Gasteiger partial charge in [0.1, 0.15) is 17.2 Å². The highest BCUT2D eigenvalue weighted by atomic mass is 32.2. The zero-order valence-electron chi connectivity index (χ0n) is 16.8. The van der Waals surface area contributed by atoms with Crippen LogP contribution in [-0.4, -0.2) is 38.0 Å². The lowest BCUT2D eigenvalue weighted by atomic mass is 10.0. The van der Waals surface area contributed by atoms with E-state index in [0.717, 1.165) is 24.7 Å². The van der Waals surface area contributed by atoms with Crippen molar-refractivity contribution in [2.24, 2.45) is 0 Å². The van der Waals surface area contributed by atoms with E-state index in [1.165, 1.54) is 0 Å². The molecule has 29 heavy (non-hydrogen) atoms. The fraction of sp³-hybridized carbons (Fsp3) is 0.381. The average molecular weight is 422 g/mol. The first-order valence-corrected chi connectivity index (χ1v) is 11.1. The number of hydrogen-bond acceptors (Lipinski definition) is 6. The van der Waals surface area contributed by atoms with Crippen LogP contribution in [-0.2, 0) is 21.3 Å². The normalized spacial score (nSPS) is 13.3. The molecule has 2 aromatic rings. The van der Waals surface area contributed by atoms with Gasteiger partial charge in [-0.3, -0.25) is 0 Å². The Morgan fingerprint density at radius 1 is 1.00 bits per heavy atom. The van der Waals surface area contributed by atoms with E-state index in [9.17, 15) is 18.3 Å². The molecule has 0 spiro atoms. The third-order valence-electron chi connectivity index (χ3n) is 4.34. The second-order valence-electron chi connectivity index (χ2n) is 6.85. The summed E-state index contributed by atoms with van der Waals surface area (Å²) in [6.07, 6.45) is 2.90. The molecule has 0 aliphatic carbocycles. The zero-order chi connectivity index (χ0) is 21.5. The number of benzene rings is 2. The summed E-state index contributed by atoms with van der Waals surface area (Å²) in [7, 11) is -3.52. The van der Waals surface area contributed by atoms with Gasteiger partial charge >= 0.3 is 16.1 Å². The standard InChI is InChI=1S/C21H26O7S/c1-4-21(2,20(22)23)27-18-13-11-17(12-14-18)26-15-5-6-16-7-9-19(10-8-16)28-29(3,24)25/h7-14H,4-6,15H2,1-3H3,(H,22,23). The Morgan fingerprint density at radius 2 is 1.55 bits per heavy atom. The zero-order valence-corrected chi connectivity index (χ0v) is 17.6. The summed E-state index contributed by atoms with van der Waals surface area (Å²) in [5.74, 6) is 0.427. The Labute approximate surface area is 171 Å². The van der Waals surface area contributed by atoms with Crippen LogP contribution in [0.25, 0.3) is 0 Å². The van der Waals surface area contributed by atoms with Crippen LogP contribution in [0, 0.1) is 0 Å². The topological polar surface area (TPSA) is 99.1 Å². The summed E-state index contributed by atoms with van der Waals surface area (Å²) in [6, 6.07) is 13.7. The molecule has 158 valence electrons. The van der Waals surface area contributed by atoms with Crippen LogP contribution in [0.15, 0.2) is 48.5 Å². The monoisotopic (exact) mass is 422 g/mol. The molecule has 0 fully saturated rings. The molecule has 0 amide bonds. The van der Waals surface area contributed by atoms with Crippen LogP contribution in [0.2, 0.25) is 0 Å². The fourth-order valence-electron chi connectivity index (χ4n) is 2.48. The molecule has 0 aliphatic heterocycles. The molecule has 1 atom stereocenters. The fourth-order valence-corrected chi connectivity index (χ4v) is 2.94. The van der Waals surface area contributed by atoms with E-state index in [0.29, 0.717) is 24.5 Å². The molecule has 8 heteroatoms. The summed E-state index contributed by atoms with van der Waals surface area (Å²) in [4.78, 5) is 11.3. The van der Waals surface area contributed by atoms with Gasteiger partial charge in [-0.25, -0.2) is 4.79 Å². The molecular formula is C21H26O7S. The number of hydrogen-bond donors (Lipinski definition) is 1. The van der Waals surface area contributed by atoms with Crippen LogP contribution in [0.5, 0.6) is 17.2 Å². The van der Waals surface area contributed by atoms with Gasteiger partial charge in [-0.2, -0.15) is 8.42 Å². The summed E-state index contributed by atoms with van der Waals surface area (Å²) in [5.41, 5.74) is -0.213. The first-order valence-electron chi connectivity index (χ1n) is 9.25. The lowest BCUT2D eigenvalue weighted by molar-refractivity contribution is -0.154. The molecule has 0 bridgehead atoms. The van der Waals surface area contributed by atoms with Gasteiger partial charge in [-0.15, -0.1) is 0 Å². The maximum atomic E-state index is 11.3. The summed E-state index contributed by atoms with van der Waals surface area (Å²) in [5, 5.41) is 9.27. The summed E-state index contributed by atoms with van der Waals surface area (Å²) < 4.78 is 38.3.